The molecule has 8 amide bonds. The summed E-state index contributed by atoms with van der Waals surface area (Å²) >= 11 is 8.06. The molecule has 23 nitrogen and oxygen atoms in total. The van der Waals surface area contributed by atoms with Crippen LogP contribution in [0, 0.1) is 11.8 Å². The molecule has 13 N–H and O–H groups in total. The highest BCUT2D eigenvalue weighted by Gasteiger charge is 2.38. The minimum atomic E-state index is -1.54. The molecule has 1 aromatic heterocycles. The van der Waals surface area contributed by atoms with Crippen molar-refractivity contribution in [1.29, 1.82) is 0 Å². The monoisotopic (exact) mass is 1100 g/mol. The van der Waals surface area contributed by atoms with Gasteiger partial charge < -0.3 is 68.2 Å². The Kier molecular flexibility index (Phi) is 23.9. The SMILES string of the molecule is CC(C)C[C@H](NC(=O)[C@H](Cc1ccc(O)cc1)NC(=O)[C@H](C)NC(=O)[C@@H]1CCCN1C(=O)[C@@H](N)CS)C(=O)N[C@@H](Cc1c[nH]c2ccccc12)C(=O)N[C@@H](CC(C)C)C(=O)N[C@@H](CCC(=O)O)C(=O)N[C@@H](CS)C(=O)O. The Labute approximate surface area is 451 Å². The molecule has 1 saturated heterocycles. The van der Waals surface area contributed by atoms with Crippen molar-refractivity contribution in [2.45, 2.75) is 140 Å². The van der Waals surface area contributed by atoms with Crippen LogP contribution in [0.1, 0.15) is 84.3 Å². The molecule has 1 fully saturated rings. The van der Waals surface area contributed by atoms with Crippen LogP contribution in [0.4, 0.5) is 0 Å². The summed E-state index contributed by atoms with van der Waals surface area (Å²) in [6, 6.07) is 1.55. The van der Waals surface area contributed by atoms with Crippen LogP contribution >= 0.6 is 25.3 Å². The smallest absolute Gasteiger partial charge is 0.327 e. The lowest BCUT2D eigenvalue weighted by Crippen LogP contribution is -2.61. The van der Waals surface area contributed by atoms with Gasteiger partial charge in [0, 0.05) is 54.4 Å². The molecule has 1 aliphatic rings. The predicted octanol–water partition coefficient (Wildman–Crippen LogP) is 0.292. The highest BCUT2D eigenvalue weighted by Crippen LogP contribution is 2.22. The summed E-state index contributed by atoms with van der Waals surface area (Å²) in [4.78, 5) is 139. The standard InChI is InChI=1S/C51H72N10O13S2/c1-26(2)19-36(45(67)55-35(16-17-42(63)64)44(66)60-40(25-76)51(73)74)58-48(70)39(22-30-23-53-34-10-7-6-9-32(30)34)59-46(68)37(20-27(3)4)57-47(69)38(21-29-12-14-31(62)15-13-29)56-43(65)28(5)54-49(71)41-11-8-18-61(41)50(72)33(52)24-75/h6-7,9-10,12-15,23,26-28,33,35-41,53,62,75-76H,8,11,16-22,24-25,52H2,1-5H3,(H,54,71)(H,55,67)(H,56,65)(H,57,69)(H,58,70)(H,59,68)(H,60,66)(H,63,64)(H,73,74)/t28-,33-,35-,36-,37-,38-,39-,40-,41-/m0/s1. The Bertz CT molecular complexity index is 2540. The van der Waals surface area contributed by atoms with Crippen LogP contribution in [0.3, 0.4) is 0 Å². The second kappa shape index (κ2) is 29.4. The molecule has 0 aliphatic carbocycles. The summed E-state index contributed by atoms with van der Waals surface area (Å²) in [6.07, 6.45) is 1.27. The zero-order chi connectivity index (χ0) is 56.4. The van der Waals surface area contributed by atoms with E-state index >= 15 is 0 Å². The molecule has 1 aliphatic heterocycles. The van der Waals surface area contributed by atoms with Crippen LogP contribution in [0.15, 0.2) is 54.7 Å². The quantitative estimate of drug-likeness (QED) is 0.0416. The maximum Gasteiger partial charge on any atom is 0.327 e. The number of nitrogens with one attached hydrogen (secondary N) is 8. The van der Waals surface area contributed by atoms with E-state index in [-0.39, 0.29) is 54.8 Å². The number of carboxylic acid groups (broad SMARTS) is 2. The summed E-state index contributed by atoms with van der Waals surface area (Å²) in [5, 5.41) is 47.9. The van der Waals surface area contributed by atoms with Gasteiger partial charge in [-0.3, -0.25) is 43.2 Å². The Morgan fingerprint density at radius 1 is 0.658 bits per heavy atom. The number of phenolic OH excluding ortho intramolecular Hbond substituents is 1. The summed E-state index contributed by atoms with van der Waals surface area (Å²) in [7, 11) is 0. The van der Waals surface area contributed by atoms with Crippen LogP contribution in [0.25, 0.3) is 10.9 Å². The van der Waals surface area contributed by atoms with Gasteiger partial charge in [-0.05, 0) is 80.2 Å². The van der Waals surface area contributed by atoms with Crippen LogP contribution in [0.5, 0.6) is 5.75 Å². The first-order valence-electron chi connectivity index (χ1n) is 25.1. The van der Waals surface area contributed by atoms with Gasteiger partial charge in [0.05, 0.1) is 6.04 Å². The van der Waals surface area contributed by atoms with E-state index in [1.54, 1.807) is 52.1 Å². The number of amides is 8. The highest BCUT2D eigenvalue weighted by atomic mass is 32.1. The third kappa shape index (κ3) is 18.5. The maximum absolute atomic E-state index is 14.6. The number of nitrogens with two attached hydrogens (primary N) is 1. The van der Waals surface area contributed by atoms with Crippen LogP contribution in [-0.4, -0.2) is 157 Å². The fourth-order valence-corrected chi connectivity index (χ4v) is 8.97. The number of benzene rings is 2. The Hall–Kier alpha value is -6.86. The number of aromatic amines is 1. The van der Waals surface area contributed by atoms with Crippen molar-refractivity contribution in [3.63, 3.8) is 0 Å². The fraction of sp³-hybridized carbons (Fsp3) is 0.529. The van der Waals surface area contributed by atoms with Gasteiger partial charge in [0.15, 0.2) is 0 Å². The molecule has 0 radical (unpaired) electrons. The number of rotatable bonds is 29. The van der Waals surface area contributed by atoms with Gasteiger partial charge in [-0.25, -0.2) is 4.79 Å². The lowest BCUT2D eigenvalue weighted by Gasteiger charge is -2.29. The number of thiol groups is 2. The van der Waals surface area contributed by atoms with Gasteiger partial charge in [-0.1, -0.05) is 58.0 Å². The summed E-state index contributed by atoms with van der Waals surface area (Å²) in [6.45, 7) is 8.82. The normalized spacial score (nSPS) is 16.5. The van der Waals surface area contributed by atoms with Crippen molar-refractivity contribution < 1.29 is 63.3 Å². The molecular weight excluding hydrogens is 1020 g/mol. The van der Waals surface area contributed by atoms with Gasteiger partial charge in [0.2, 0.25) is 47.3 Å². The number of phenols is 1. The van der Waals surface area contributed by atoms with E-state index in [1.807, 2.05) is 6.07 Å². The van der Waals surface area contributed by atoms with Gasteiger partial charge in [0.1, 0.15) is 54.1 Å². The molecule has 0 spiro atoms. The van der Waals surface area contributed by atoms with E-state index in [1.165, 1.54) is 36.1 Å². The van der Waals surface area contributed by atoms with E-state index in [4.69, 9.17) is 5.73 Å². The van der Waals surface area contributed by atoms with E-state index in [0.717, 1.165) is 10.9 Å². The number of carbonyl (C=O) groups is 10. The second-order valence-corrected chi connectivity index (χ2v) is 20.5. The number of fused-ring (bicyclic) bond motifs is 1. The number of nitrogens with zero attached hydrogens (tertiary/aromatic N) is 1. The molecule has 2 aromatic carbocycles. The number of aromatic hydroxyl groups is 1. The molecule has 0 saturated carbocycles. The average molecular weight is 1100 g/mol. The van der Waals surface area contributed by atoms with Crippen LogP contribution in [0.2, 0.25) is 0 Å². The number of carbonyl (C=O) groups excluding carboxylic acids is 8. The van der Waals surface area contributed by atoms with E-state index in [9.17, 15) is 63.3 Å². The molecule has 9 atom stereocenters. The number of hydrogen-bond donors (Lipinski definition) is 14. The molecule has 2 heterocycles. The molecule has 4 rings (SSSR count). The maximum atomic E-state index is 14.6. The Balaban J connectivity index is 1.63. The minimum Gasteiger partial charge on any atom is -0.508 e. The van der Waals surface area contributed by atoms with Crippen LogP contribution < -0.4 is 43.0 Å². The van der Waals surface area contributed by atoms with E-state index in [2.05, 4.69) is 67.5 Å². The molecule has 76 heavy (non-hydrogen) atoms. The lowest BCUT2D eigenvalue weighted by molar-refractivity contribution is -0.142. The zero-order valence-electron chi connectivity index (χ0n) is 43.2. The number of H-pyrrole nitrogens is 1. The second-order valence-electron chi connectivity index (χ2n) is 19.7. The fourth-order valence-electron chi connectivity index (χ4n) is 8.56. The molecule has 25 heteroatoms. The van der Waals surface area contributed by atoms with Gasteiger partial charge in [-0.2, -0.15) is 25.3 Å². The van der Waals surface area contributed by atoms with Crippen molar-refractivity contribution in [1.82, 2.24) is 47.1 Å². The van der Waals surface area contributed by atoms with Crippen molar-refractivity contribution in [3.8, 4) is 5.75 Å². The molecule has 416 valence electrons. The van der Waals surface area contributed by atoms with Gasteiger partial charge in [-0.15, -0.1) is 0 Å². The third-order valence-corrected chi connectivity index (χ3v) is 13.4. The summed E-state index contributed by atoms with van der Waals surface area (Å²) in [5.74, 6) is -9.67. The molecular formula is C51H72N10O13S2. The molecule has 3 aromatic rings. The van der Waals surface area contributed by atoms with E-state index < -0.39 is 126 Å². The van der Waals surface area contributed by atoms with Gasteiger partial charge in [0.25, 0.3) is 0 Å². The zero-order valence-corrected chi connectivity index (χ0v) is 45.0. The van der Waals surface area contributed by atoms with Crippen molar-refractivity contribution >= 4 is 95.4 Å². The minimum absolute atomic E-state index is 0.000720. The number of aromatic nitrogens is 1. The highest BCUT2D eigenvalue weighted by molar-refractivity contribution is 7.80. The van der Waals surface area contributed by atoms with Crippen molar-refractivity contribution in [2.75, 3.05) is 18.1 Å². The largest absolute Gasteiger partial charge is 0.508 e. The Morgan fingerprint density at radius 3 is 1.72 bits per heavy atom. The summed E-state index contributed by atoms with van der Waals surface area (Å²) < 4.78 is 0. The van der Waals surface area contributed by atoms with Crippen molar-refractivity contribution in [3.05, 3.63) is 65.9 Å². The average Bonchev–Trinajstić information content (AvgIpc) is 4.03. The number of likely N-dealkylation sites (tertiary alicyclic amines) is 1. The number of para-hydroxylation sites is 1. The molecule has 0 unspecified atom stereocenters. The van der Waals surface area contributed by atoms with Crippen molar-refractivity contribution in [2.24, 2.45) is 17.6 Å². The van der Waals surface area contributed by atoms with E-state index in [0.29, 0.717) is 30.5 Å². The Morgan fingerprint density at radius 2 is 1.17 bits per heavy atom. The topological polar surface area (TPSA) is 361 Å². The predicted molar refractivity (Wildman–Crippen MR) is 287 cm³/mol. The lowest BCUT2D eigenvalue weighted by atomic mass is 9.98. The first kappa shape index (κ1) is 61.7. The first-order valence-corrected chi connectivity index (χ1v) is 26.4. The number of aliphatic carboxylic acids is 2. The first-order chi connectivity index (χ1) is 35.9. The molecule has 0 bridgehead atoms. The number of hydrogen-bond acceptors (Lipinski definition) is 14. The van der Waals surface area contributed by atoms with Crippen LogP contribution in [-0.2, 0) is 60.8 Å². The van der Waals surface area contributed by atoms with Gasteiger partial charge >= 0.3 is 11.9 Å². The number of carboxylic acids is 2. The third-order valence-electron chi connectivity index (χ3n) is 12.6. The summed E-state index contributed by atoms with van der Waals surface area (Å²) in [5.41, 5.74) is 7.74.